The second-order valence-corrected chi connectivity index (χ2v) is 6.51. The van der Waals surface area contributed by atoms with Crippen molar-refractivity contribution < 1.29 is 18.3 Å². The van der Waals surface area contributed by atoms with Gasteiger partial charge < -0.3 is 5.11 Å². The van der Waals surface area contributed by atoms with Gasteiger partial charge in [0.2, 0.25) is 0 Å². The van der Waals surface area contributed by atoms with Crippen LogP contribution in [0.1, 0.15) is 28.4 Å². The van der Waals surface area contributed by atoms with E-state index in [0.29, 0.717) is 16.7 Å². The number of benzene rings is 2. The lowest BCUT2D eigenvalue weighted by Gasteiger charge is -2.17. The fourth-order valence-electron chi connectivity index (χ4n) is 2.07. The Morgan fingerprint density at radius 1 is 1.00 bits per heavy atom. The zero-order valence-electron chi connectivity index (χ0n) is 10.9. The van der Waals surface area contributed by atoms with Crippen molar-refractivity contribution in [3.63, 3.8) is 0 Å². The van der Waals surface area contributed by atoms with Crippen LogP contribution in [-0.4, -0.2) is 5.11 Å². The van der Waals surface area contributed by atoms with Crippen molar-refractivity contribution in [3.05, 3.63) is 67.6 Å². The monoisotopic (exact) mass is 422 g/mol. The molecule has 2 aromatic carbocycles. The first-order chi connectivity index (χ1) is 9.68. The molecule has 1 atom stereocenters. The zero-order valence-corrected chi connectivity index (χ0v) is 14.1. The smallest absolute Gasteiger partial charge is 0.384 e. The van der Waals surface area contributed by atoms with Crippen LogP contribution in [0.5, 0.6) is 0 Å². The van der Waals surface area contributed by atoms with Crippen LogP contribution in [0.4, 0.5) is 13.2 Å². The Kier molecular flexibility index (Phi) is 4.80. The minimum atomic E-state index is -4.38. The van der Waals surface area contributed by atoms with Crippen molar-refractivity contribution in [2.45, 2.75) is 19.2 Å². The van der Waals surface area contributed by atoms with E-state index < -0.39 is 17.8 Å². The maximum atomic E-state index is 12.7. The Morgan fingerprint density at radius 3 is 2.05 bits per heavy atom. The third-order valence-electron chi connectivity index (χ3n) is 3.09. The minimum absolute atomic E-state index is 0.397. The van der Waals surface area contributed by atoms with E-state index in [9.17, 15) is 18.3 Å². The number of hydrogen-bond donors (Lipinski definition) is 1. The third kappa shape index (κ3) is 3.87. The molecule has 0 heterocycles. The Morgan fingerprint density at radius 2 is 1.57 bits per heavy atom. The second-order valence-electron chi connectivity index (χ2n) is 4.67. The second kappa shape index (κ2) is 6.10. The van der Waals surface area contributed by atoms with Crippen LogP contribution in [0.25, 0.3) is 0 Å². The molecule has 0 aliphatic carbocycles. The number of aliphatic hydroxyl groups is 1. The largest absolute Gasteiger partial charge is 0.416 e. The number of aliphatic hydroxyl groups excluding tert-OH is 1. The molecule has 0 bridgehead atoms. The van der Waals surface area contributed by atoms with E-state index in [0.717, 1.165) is 21.1 Å². The van der Waals surface area contributed by atoms with Crippen LogP contribution in [0.3, 0.4) is 0 Å². The van der Waals surface area contributed by atoms with Crippen LogP contribution in [0.2, 0.25) is 0 Å². The highest BCUT2D eigenvalue weighted by molar-refractivity contribution is 9.11. The van der Waals surface area contributed by atoms with Crippen molar-refractivity contribution in [2.24, 2.45) is 0 Å². The van der Waals surface area contributed by atoms with Gasteiger partial charge in [0.25, 0.3) is 0 Å². The Hall–Kier alpha value is -0.850. The summed E-state index contributed by atoms with van der Waals surface area (Å²) in [5, 5.41) is 10.4. The van der Waals surface area contributed by atoms with Crippen LogP contribution < -0.4 is 0 Å². The van der Waals surface area contributed by atoms with Crippen LogP contribution in [-0.2, 0) is 6.18 Å². The molecule has 0 radical (unpaired) electrons. The molecule has 2 rings (SSSR count). The Bertz CT molecular complexity index is 648. The van der Waals surface area contributed by atoms with E-state index >= 15 is 0 Å². The maximum absolute atomic E-state index is 12.7. The average Bonchev–Trinajstić information content (AvgIpc) is 2.35. The standard InChI is InChI=1S/C15H11Br2F3O/c1-8-4-10(15(18,19)20)2-3-13(8)14(21)9-5-11(16)7-12(17)6-9/h2-7,14,21H,1H3. The maximum Gasteiger partial charge on any atom is 0.416 e. The first-order valence-electron chi connectivity index (χ1n) is 6.00. The van der Waals surface area contributed by atoms with Crippen molar-refractivity contribution in [3.8, 4) is 0 Å². The molecule has 0 saturated carbocycles. The Balaban J connectivity index is 2.42. The number of alkyl halides is 3. The normalized spacial score (nSPS) is 13.3. The predicted molar refractivity (Wildman–Crippen MR) is 82.1 cm³/mol. The van der Waals surface area contributed by atoms with E-state index in [4.69, 9.17) is 0 Å². The van der Waals surface area contributed by atoms with Crippen molar-refractivity contribution >= 4 is 31.9 Å². The van der Waals surface area contributed by atoms with E-state index in [1.807, 2.05) is 6.07 Å². The number of aryl methyl sites for hydroxylation is 1. The summed E-state index contributed by atoms with van der Waals surface area (Å²) in [6.07, 6.45) is -5.37. The Labute approximate surface area is 137 Å². The van der Waals surface area contributed by atoms with Crippen LogP contribution >= 0.6 is 31.9 Å². The topological polar surface area (TPSA) is 20.2 Å². The SMILES string of the molecule is Cc1cc(C(F)(F)F)ccc1C(O)c1cc(Br)cc(Br)c1. The number of hydrogen-bond acceptors (Lipinski definition) is 1. The highest BCUT2D eigenvalue weighted by Gasteiger charge is 2.31. The van der Waals surface area contributed by atoms with Gasteiger partial charge in [0, 0.05) is 8.95 Å². The van der Waals surface area contributed by atoms with Gasteiger partial charge in [0.15, 0.2) is 0 Å². The molecule has 0 aromatic heterocycles. The van der Waals surface area contributed by atoms with Gasteiger partial charge in [-0.25, -0.2) is 0 Å². The quantitative estimate of drug-likeness (QED) is 0.664. The van der Waals surface area contributed by atoms with Crippen molar-refractivity contribution in [1.29, 1.82) is 0 Å². The molecule has 21 heavy (non-hydrogen) atoms. The van der Waals surface area contributed by atoms with Gasteiger partial charge in [-0.1, -0.05) is 37.9 Å². The van der Waals surface area contributed by atoms with Crippen LogP contribution in [0.15, 0.2) is 45.3 Å². The molecular weight excluding hydrogens is 413 g/mol. The molecule has 0 saturated heterocycles. The minimum Gasteiger partial charge on any atom is -0.384 e. The molecule has 1 nitrogen and oxygen atoms in total. The summed E-state index contributed by atoms with van der Waals surface area (Å²) in [6.45, 7) is 1.56. The fourth-order valence-corrected chi connectivity index (χ4v) is 3.40. The van der Waals surface area contributed by atoms with Gasteiger partial charge in [-0.15, -0.1) is 0 Å². The lowest BCUT2D eigenvalue weighted by molar-refractivity contribution is -0.137. The molecule has 0 amide bonds. The summed E-state index contributed by atoms with van der Waals surface area (Å²) in [7, 11) is 0. The highest BCUT2D eigenvalue weighted by atomic mass is 79.9. The molecule has 112 valence electrons. The van der Waals surface area contributed by atoms with Gasteiger partial charge in [0.1, 0.15) is 6.10 Å². The van der Waals surface area contributed by atoms with E-state index in [1.165, 1.54) is 6.07 Å². The molecular formula is C15H11Br2F3O. The number of rotatable bonds is 2. The molecule has 0 aliphatic heterocycles. The molecule has 0 spiro atoms. The molecule has 0 fully saturated rings. The van der Waals surface area contributed by atoms with Gasteiger partial charge in [-0.05, 0) is 53.9 Å². The molecule has 1 N–H and O–H groups in total. The van der Waals surface area contributed by atoms with Crippen molar-refractivity contribution in [2.75, 3.05) is 0 Å². The molecule has 6 heteroatoms. The predicted octanol–water partition coefficient (Wildman–Crippen LogP) is 5.62. The summed E-state index contributed by atoms with van der Waals surface area (Å²) in [5.41, 5.74) is 0.729. The van der Waals surface area contributed by atoms with E-state index in [1.54, 1.807) is 19.1 Å². The summed E-state index contributed by atoms with van der Waals surface area (Å²) in [4.78, 5) is 0. The van der Waals surface area contributed by atoms with E-state index in [2.05, 4.69) is 31.9 Å². The number of halogens is 5. The summed E-state index contributed by atoms with van der Waals surface area (Å²) >= 11 is 6.64. The lowest BCUT2D eigenvalue weighted by Crippen LogP contribution is -2.08. The summed E-state index contributed by atoms with van der Waals surface area (Å²) in [5.74, 6) is 0. The van der Waals surface area contributed by atoms with Crippen molar-refractivity contribution in [1.82, 2.24) is 0 Å². The van der Waals surface area contributed by atoms with Gasteiger partial charge >= 0.3 is 6.18 Å². The van der Waals surface area contributed by atoms with Crippen LogP contribution in [0, 0.1) is 6.92 Å². The average molecular weight is 424 g/mol. The zero-order chi connectivity index (χ0) is 15.8. The molecule has 1 unspecified atom stereocenters. The molecule has 2 aromatic rings. The summed E-state index contributed by atoms with van der Waals surface area (Å²) in [6, 6.07) is 8.62. The van der Waals surface area contributed by atoms with Gasteiger partial charge in [-0.3, -0.25) is 0 Å². The van der Waals surface area contributed by atoms with E-state index in [-0.39, 0.29) is 0 Å². The lowest BCUT2D eigenvalue weighted by atomic mass is 9.96. The molecule has 0 aliphatic rings. The third-order valence-corrected chi connectivity index (χ3v) is 4.01. The first kappa shape index (κ1) is 16.5. The van der Waals surface area contributed by atoms with Gasteiger partial charge in [-0.2, -0.15) is 13.2 Å². The highest BCUT2D eigenvalue weighted by Crippen LogP contribution is 2.34. The fraction of sp³-hybridized carbons (Fsp3) is 0.200. The van der Waals surface area contributed by atoms with Gasteiger partial charge in [0.05, 0.1) is 5.56 Å². The summed E-state index contributed by atoms with van der Waals surface area (Å²) < 4.78 is 39.5. The first-order valence-corrected chi connectivity index (χ1v) is 7.59.